The van der Waals surface area contributed by atoms with Gasteiger partial charge in [-0.3, -0.25) is 0 Å². The van der Waals surface area contributed by atoms with Crippen molar-refractivity contribution in [2.24, 2.45) is 0 Å². The molecule has 3 heterocycles. The van der Waals surface area contributed by atoms with Gasteiger partial charge < -0.3 is 9.97 Å². The minimum atomic E-state index is 0. The van der Waals surface area contributed by atoms with Crippen LogP contribution < -0.4 is 0 Å². The van der Waals surface area contributed by atoms with Crippen LogP contribution in [0.15, 0.2) is 176 Å². The fourth-order valence-corrected chi connectivity index (χ4v) is 7.50. The third-order valence-corrected chi connectivity index (χ3v) is 9.97. The van der Waals surface area contributed by atoms with Crippen LogP contribution in [-0.4, -0.2) is 9.97 Å². The zero-order chi connectivity index (χ0) is 33.7. The van der Waals surface area contributed by atoms with Crippen LogP contribution in [0.1, 0.15) is 5.69 Å². The van der Waals surface area contributed by atoms with Crippen molar-refractivity contribution >= 4 is 31.5 Å². The first-order valence-electron chi connectivity index (χ1n) is 16.6. The molecule has 0 unspecified atom stereocenters. The molecule has 0 aliphatic rings. The Hall–Kier alpha value is -5.51. The Balaban J connectivity index is 0.000000245. The van der Waals surface area contributed by atoms with Crippen molar-refractivity contribution in [2.45, 2.75) is 6.92 Å². The molecule has 0 aliphatic carbocycles. The maximum atomic E-state index is 4.47. The summed E-state index contributed by atoms with van der Waals surface area (Å²) in [5.41, 5.74) is 12.3. The molecule has 0 amide bonds. The molecule has 2 nitrogen and oxygen atoms in total. The van der Waals surface area contributed by atoms with Gasteiger partial charge in [-0.2, -0.15) is 0 Å². The Morgan fingerprint density at radius 3 is 1.96 bits per heavy atom. The largest absolute Gasteiger partial charge is 0.305 e. The molecule has 0 bridgehead atoms. The van der Waals surface area contributed by atoms with Crippen LogP contribution in [0.4, 0.5) is 0 Å². The first-order chi connectivity index (χ1) is 24.7. The standard InChI is InChI=1S/C35H22NS.C12H10N.Ir/c1-2-16-34-31(12-1)32-14-7-13-30(35(32)37-34)28-10-5-8-26(22-28)24-17-19-25(20-18-24)27-9-6-11-29(23-27)33-15-3-4-21-36-33;1-10-6-5-9-12(13-10)11-7-3-2-4-8-11;/h1-10,12-23H;2-7,9H,1H3;/q2*-1;. The van der Waals surface area contributed by atoms with Crippen LogP contribution in [0.5, 0.6) is 0 Å². The maximum Gasteiger partial charge on any atom is 0.0433 e. The molecule has 3 aromatic heterocycles. The Bertz CT molecular complexity index is 2540. The number of nitrogens with zero attached hydrogens (tertiary/aromatic N) is 2. The zero-order valence-corrected chi connectivity index (χ0v) is 31.1. The monoisotopic (exact) mass is 849 g/mol. The summed E-state index contributed by atoms with van der Waals surface area (Å²) in [6.45, 7) is 1.99. The molecule has 1 radical (unpaired) electrons. The minimum Gasteiger partial charge on any atom is -0.305 e. The first kappa shape index (κ1) is 34.0. The molecule has 0 saturated heterocycles. The SMILES string of the molecule is Cc1cccc(-c2[c-]cccc2)n1.[Ir].[c-]1ccc(-c2ccc(-c3cccc(-c4cccc5c4sc4ccccc45)c3)cc2)cc1-c1ccccn1. The molecular weight excluding hydrogens is 817 g/mol. The smallest absolute Gasteiger partial charge is 0.0433 e. The fourth-order valence-electron chi connectivity index (χ4n) is 6.26. The first-order valence-corrected chi connectivity index (χ1v) is 17.5. The molecule has 247 valence electrons. The number of aryl methyl sites for hydroxylation is 1. The van der Waals surface area contributed by atoms with E-state index in [0.29, 0.717) is 0 Å². The topological polar surface area (TPSA) is 25.8 Å². The van der Waals surface area contributed by atoms with Crippen molar-refractivity contribution in [1.82, 2.24) is 9.97 Å². The molecule has 0 fully saturated rings. The zero-order valence-electron chi connectivity index (χ0n) is 27.9. The van der Waals surface area contributed by atoms with E-state index in [4.69, 9.17) is 0 Å². The summed E-state index contributed by atoms with van der Waals surface area (Å²) in [7, 11) is 0. The third kappa shape index (κ3) is 7.50. The molecule has 0 saturated carbocycles. The predicted molar refractivity (Wildman–Crippen MR) is 211 cm³/mol. The van der Waals surface area contributed by atoms with Crippen LogP contribution in [0.25, 0.3) is 76.1 Å². The van der Waals surface area contributed by atoms with Crippen LogP contribution in [0, 0.1) is 19.1 Å². The van der Waals surface area contributed by atoms with Gasteiger partial charge in [-0.25, -0.2) is 0 Å². The molecule has 0 aliphatic heterocycles. The van der Waals surface area contributed by atoms with E-state index in [1.165, 1.54) is 48.0 Å². The van der Waals surface area contributed by atoms with Crippen molar-refractivity contribution in [3.05, 3.63) is 194 Å². The summed E-state index contributed by atoms with van der Waals surface area (Å²) < 4.78 is 2.68. The minimum absolute atomic E-state index is 0. The molecule has 0 spiro atoms. The van der Waals surface area contributed by atoms with E-state index in [9.17, 15) is 0 Å². The van der Waals surface area contributed by atoms with Gasteiger partial charge in [0.05, 0.1) is 0 Å². The number of fused-ring (bicyclic) bond motifs is 3. The summed E-state index contributed by atoms with van der Waals surface area (Å²) in [6, 6.07) is 65.6. The summed E-state index contributed by atoms with van der Waals surface area (Å²) in [5, 5.41) is 2.67. The van der Waals surface area contributed by atoms with Crippen LogP contribution in [0.3, 0.4) is 0 Å². The molecule has 0 N–H and O–H groups in total. The van der Waals surface area contributed by atoms with Crippen LogP contribution in [-0.2, 0) is 20.1 Å². The van der Waals surface area contributed by atoms with Crippen molar-refractivity contribution in [2.75, 3.05) is 0 Å². The number of thiophene rings is 1. The predicted octanol–water partition coefficient (Wildman–Crippen LogP) is 12.8. The van der Waals surface area contributed by atoms with Crippen molar-refractivity contribution in [3.63, 3.8) is 0 Å². The average Bonchev–Trinajstić information content (AvgIpc) is 3.58. The van der Waals surface area contributed by atoms with Gasteiger partial charge in [-0.05, 0) is 70.4 Å². The van der Waals surface area contributed by atoms with E-state index in [-0.39, 0.29) is 20.1 Å². The van der Waals surface area contributed by atoms with Gasteiger partial charge in [0.25, 0.3) is 0 Å². The Labute approximate surface area is 316 Å². The molecule has 4 heteroatoms. The molecule has 9 rings (SSSR count). The van der Waals surface area contributed by atoms with Crippen molar-refractivity contribution < 1.29 is 20.1 Å². The van der Waals surface area contributed by atoms with E-state index in [1.807, 2.05) is 91.2 Å². The number of hydrogen-bond acceptors (Lipinski definition) is 3. The summed E-state index contributed by atoms with van der Waals surface area (Å²) in [5.74, 6) is 0. The van der Waals surface area contributed by atoms with E-state index in [0.717, 1.165) is 33.8 Å². The van der Waals surface area contributed by atoms with Gasteiger partial charge in [0.1, 0.15) is 0 Å². The van der Waals surface area contributed by atoms with E-state index < -0.39 is 0 Å². The summed E-state index contributed by atoms with van der Waals surface area (Å²) >= 11 is 1.88. The summed E-state index contributed by atoms with van der Waals surface area (Å²) in [6.07, 6.45) is 1.82. The van der Waals surface area contributed by atoms with E-state index in [2.05, 4.69) is 125 Å². The van der Waals surface area contributed by atoms with Gasteiger partial charge in [-0.1, -0.05) is 103 Å². The number of rotatable bonds is 5. The quantitative estimate of drug-likeness (QED) is 0.161. The third-order valence-electron chi connectivity index (χ3n) is 8.75. The second-order valence-corrected chi connectivity index (χ2v) is 13.1. The maximum absolute atomic E-state index is 4.47. The van der Waals surface area contributed by atoms with Gasteiger partial charge in [0.15, 0.2) is 0 Å². The Morgan fingerprint density at radius 1 is 0.490 bits per heavy atom. The average molecular weight is 849 g/mol. The normalized spacial score (nSPS) is 10.7. The number of pyridine rings is 2. The van der Waals surface area contributed by atoms with E-state index >= 15 is 0 Å². The number of aromatic nitrogens is 2. The van der Waals surface area contributed by atoms with Gasteiger partial charge in [0.2, 0.25) is 0 Å². The molecule has 0 atom stereocenters. The Morgan fingerprint density at radius 2 is 1.18 bits per heavy atom. The van der Waals surface area contributed by atoms with Crippen LogP contribution >= 0.6 is 11.3 Å². The van der Waals surface area contributed by atoms with Crippen molar-refractivity contribution in [1.29, 1.82) is 0 Å². The molecule has 51 heavy (non-hydrogen) atoms. The molecular formula is C47H32IrN2S-2. The molecule has 6 aromatic carbocycles. The summed E-state index contributed by atoms with van der Waals surface area (Å²) in [4.78, 5) is 8.88. The van der Waals surface area contributed by atoms with Gasteiger partial charge in [-0.15, -0.1) is 82.6 Å². The Kier molecular flexibility index (Phi) is 10.4. The van der Waals surface area contributed by atoms with Crippen LogP contribution in [0.2, 0.25) is 0 Å². The second kappa shape index (κ2) is 15.6. The fraction of sp³-hybridized carbons (Fsp3) is 0.0213. The van der Waals surface area contributed by atoms with E-state index in [1.54, 1.807) is 0 Å². The molecule has 9 aromatic rings. The number of hydrogen-bond donors (Lipinski definition) is 0. The van der Waals surface area contributed by atoms with Gasteiger partial charge in [0, 0.05) is 52.2 Å². The van der Waals surface area contributed by atoms with Crippen molar-refractivity contribution in [3.8, 4) is 55.9 Å². The van der Waals surface area contributed by atoms with Gasteiger partial charge >= 0.3 is 0 Å². The number of benzene rings is 6. The second-order valence-electron chi connectivity index (χ2n) is 12.1.